The van der Waals surface area contributed by atoms with Crippen LogP contribution in [0.3, 0.4) is 0 Å². The largest absolute Gasteiger partial charge is 0.378 e. The predicted molar refractivity (Wildman–Crippen MR) is 86.8 cm³/mol. The predicted octanol–water partition coefficient (Wildman–Crippen LogP) is 2.37. The van der Waals surface area contributed by atoms with Gasteiger partial charge in [-0.25, -0.2) is 0 Å². The van der Waals surface area contributed by atoms with Gasteiger partial charge in [0.05, 0.1) is 0 Å². The number of hydrogen-bond donors (Lipinski definition) is 2. The van der Waals surface area contributed by atoms with Crippen LogP contribution in [0.1, 0.15) is 37.4 Å². The van der Waals surface area contributed by atoms with Crippen LogP contribution in [-0.2, 0) is 4.79 Å². The zero-order valence-electron chi connectivity index (χ0n) is 12.7. The minimum Gasteiger partial charge on any atom is -0.378 e. The zero-order chi connectivity index (χ0) is 15.6. The summed E-state index contributed by atoms with van der Waals surface area (Å²) >= 11 is 5.90. The summed E-state index contributed by atoms with van der Waals surface area (Å²) in [5.74, 6) is -0.338. The van der Waals surface area contributed by atoms with E-state index in [1.54, 1.807) is 24.3 Å². The van der Waals surface area contributed by atoms with Gasteiger partial charge >= 0.3 is 0 Å². The van der Waals surface area contributed by atoms with Gasteiger partial charge in [0.25, 0.3) is 5.91 Å². The molecule has 5 heteroatoms. The number of benzene rings is 1. The topological polar surface area (TPSA) is 52.6 Å². The van der Waals surface area contributed by atoms with Gasteiger partial charge in [0.2, 0.25) is 0 Å². The van der Waals surface area contributed by atoms with Crippen LogP contribution in [-0.4, -0.2) is 42.1 Å². The zero-order valence-corrected chi connectivity index (χ0v) is 13.5. The van der Waals surface area contributed by atoms with Crippen molar-refractivity contribution in [3.05, 3.63) is 34.9 Å². The van der Waals surface area contributed by atoms with Crippen molar-refractivity contribution in [1.29, 1.82) is 0 Å². The van der Waals surface area contributed by atoms with Gasteiger partial charge in [-0.3, -0.25) is 4.79 Å². The fourth-order valence-electron chi connectivity index (χ4n) is 3.18. The van der Waals surface area contributed by atoms with Crippen LogP contribution >= 0.6 is 11.6 Å². The molecule has 1 aromatic carbocycles. The van der Waals surface area contributed by atoms with E-state index in [-0.39, 0.29) is 11.3 Å². The fraction of sp³-hybridized carbons (Fsp3) is 0.588. The van der Waals surface area contributed by atoms with Gasteiger partial charge in [0.1, 0.15) is 0 Å². The number of carbonyl (C=O) groups is 1. The Balaban J connectivity index is 1.51. The molecule has 0 aromatic heterocycles. The van der Waals surface area contributed by atoms with Crippen LogP contribution in [0.5, 0.6) is 0 Å². The second kappa shape index (κ2) is 6.57. The Hall–Kier alpha value is -1.10. The van der Waals surface area contributed by atoms with Crippen molar-refractivity contribution in [2.45, 2.75) is 31.8 Å². The lowest BCUT2D eigenvalue weighted by Crippen LogP contribution is -2.39. The van der Waals surface area contributed by atoms with E-state index in [0.29, 0.717) is 17.1 Å². The highest BCUT2D eigenvalue weighted by atomic mass is 35.5. The van der Waals surface area contributed by atoms with Crippen LogP contribution in [0.15, 0.2) is 24.3 Å². The maximum Gasteiger partial charge on any atom is 0.253 e. The van der Waals surface area contributed by atoms with Crippen molar-refractivity contribution >= 4 is 17.5 Å². The molecule has 1 aromatic rings. The summed E-state index contributed by atoms with van der Waals surface area (Å²) in [6, 6.07) is 6.81. The molecule has 2 N–H and O–H groups in total. The lowest BCUT2D eigenvalue weighted by molar-refractivity contribution is -0.129. The van der Waals surface area contributed by atoms with Gasteiger partial charge in [-0.15, -0.1) is 0 Å². The molecule has 0 spiro atoms. The maximum atomic E-state index is 12.1. The Morgan fingerprint density at radius 1 is 1.36 bits per heavy atom. The highest BCUT2D eigenvalue weighted by Gasteiger charge is 2.44. The van der Waals surface area contributed by atoms with E-state index >= 15 is 0 Å². The molecule has 0 bridgehead atoms. The molecule has 2 fully saturated rings. The molecule has 22 heavy (non-hydrogen) atoms. The number of halogens is 1. The van der Waals surface area contributed by atoms with Gasteiger partial charge in [0.15, 0.2) is 6.10 Å². The quantitative estimate of drug-likeness (QED) is 0.845. The normalized spacial score (nSPS) is 21.5. The molecule has 3 rings (SSSR count). The third kappa shape index (κ3) is 3.80. The number of nitrogens with one attached hydrogen (secondary N) is 1. The van der Waals surface area contributed by atoms with Crippen LogP contribution in [0.2, 0.25) is 5.02 Å². The molecule has 1 saturated carbocycles. The van der Waals surface area contributed by atoms with E-state index in [4.69, 9.17) is 11.6 Å². The Morgan fingerprint density at radius 2 is 2.09 bits per heavy atom. The van der Waals surface area contributed by atoms with Crippen molar-refractivity contribution < 1.29 is 9.90 Å². The highest BCUT2D eigenvalue weighted by Crippen LogP contribution is 2.46. The van der Waals surface area contributed by atoms with Crippen molar-refractivity contribution in [2.75, 3.05) is 26.2 Å². The van der Waals surface area contributed by atoms with Crippen LogP contribution in [0.4, 0.5) is 0 Å². The molecule has 1 aliphatic heterocycles. The SMILES string of the molecule is O=C(NCC1(CN2CCCC2)CC1)C(O)c1cccc(Cl)c1. The van der Waals surface area contributed by atoms with Crippen LogP contribution in [0.25, 0.3) is 0 Å². The lowest BCUT2D eigenvalue weighted by Gasteiger charge is -2.23. The summed E-state index contributed by atoms with van der Waals surface area (Å²) in [6.07, 6.45) is 3.75. The van der Waals surface area contributed by atoms with Gasteiger partial charge in [-0.05, 0) is 56.5 Å². The van der Waals surface area contributed by atoms with Gasteiger partial charge in [0, 0.05) is 23.5 Å². The van der Waals surface area contributed by atoms with Crippen molar-refractivity contribution in [1.82, 2.24) is 10.2 Å². The maximum absolute atomic E-state index is 12.1. The molecule has 1 amide bonds. The van der Waals surface area contributed by atoms with E-state index in [9.17, 15) is 9.90 Å². The molecule has 120 valence electrons. The standard InChI is InChI=1S/C17H23ClN2O2/c18-14-5-3-4-13(10-14)15(21)16(22)19-11-17(6-7-17)12-20-8-1-2-9-20/h3-5,10,15,21H,1-2,6-9,11-12H2,(H,19,22). The molecule has 4 nitrogen and oxygen atoms in total. The van der Waals surface area contributed by atoms with Crippen LogP contribution in [0, 0.1) is 5.41 Å². The number of nitrogens with zero attached hydrogens (tertiary/aromatic N) is 1. The minimum atomic E-state index is -1.15. The fourth-order valence-corrected chi connectivity index (χ4v) is 3.38. The summed E-state index contributed by atoms with van der Waals surface area (Å²) in [5.41, 5.74) is 0.767. The molecular formula is C17H23ClN2O2. The lowest BCUT2D eigenvalue weighted by atomic mass is 10.1. The number of aliphatic hydroxyl groups is 1. The van der Waals surface area contributed by atoms with Gasteiger partial charge in [-0.2, -0.15) is 0 Å². The Bertz CT molecular complexity index is 539. The second-order valence-electron chi connectivity index (χ2n) is 6.66. The number of aliphatic hydroxyl groups excluding tert-OH is 1. The van der Waals surface area contributed by atoms with E-state index in [1.807, 2.05) is 0 Å². The van der Waals surface area contributed by atoms with E-state index in [1.165, 1.54) is 25.9 Å². The number of hydrogen-bond acceptors (Lipinski definition) is 3. The van der Waals surface area contributed by atoms with Crippen molar-refractivity contribution in [3.8, 4) is 0 Å². The van der Waals surface area contributed by atoms with Crippen molar-refractivity contribution in [3.63, 3.8) is 0 Å². The van der Waals surface area contributed by atoms with E-state index < -0.39 is 6.10 Å². The second-order valence-corrected chi connectivity index (χ2v) is 7.10. The Kier molecular flexibility index (Phi) is 4.71. The minimum absolute atomic E-state index is 0.230. The Morgan fingerprint density at radius 3 is 2.73 bits per heavy atom. The summed E-state index contributed by atoms with van der Waals surface area (Å²) in [5, 5.41) is 13.6. The van der Waals surface area contributed by atoms with Gasteiger partial charge in [-0.1, -0.05) is 23.7 Å². The van der Waals surface area contributed by atoms with E-state index in [2.05, 4.69) is 10.2 Å². The molecule has 1 saturated heterocycles. The number of rotatable bonds is 6. The molecule has 1 heterocycles. The third-order valence-corrected chi connectivity index (χ3v) is 5.00. The molecule has 0 radical (unpaired) electrons. The molecule has 1 unspecified atom stereocenters. The van der Waals surface area contributed by atoms with E-state index in [0.717, 1.165) is 19.4 Å². The summed E-state index contributed by atoms with van der Waals surface area (Å²) in [7, 11) is 0. The first-order valence-electron chi connectivity index (χ1n) is 8.02. The summed E-state index contributed by atoms with van der Waals surface area (Å²) in [4.78, 5) is 14.6. The number of carbonyl (C=O) groups excluding carboxylic acids is 1. The number of amides is 1. The smallest absolute Gasteiger partial charge is 0.253 e. The molecule has 2 aliphatic rings. The van der Waals surface area contributed by atoms with Crippen molar-refractivity contribution in [2.24, 2.45) is 5.41 Å². The summed E-state index contributed by atoms with van der Waals surface area (Å²) in [6.45, 7) is 4.09. The third-order valence-electron chi connectivity index (χ3n) is 4.77. The first kappa shape index (κ1) is 15.8. The molecular weight excluding hydrogens is 300 g/mol. The molecule has 1 atom stereocenters. The first-order valence-corrected chi connectivity index (χ1v) is 8.39. The molecule has 1 aliphatic carbocycles. The van der Waals surface area contributed by atoms with Gasteiger partial charge < -0.3 is 15.3 Å². The Labute approximate surface area is 136 Å². The highest BCUT2D eigenvalue weighted by molar-refractivity contribution is 6.30. The first-order chi connectivity index (χ1) is 10.6. The summed E-state index contributed by atoms with van der Waals surface area (Å²) < 4.78 is 0. The monoisotopic (exact) mass is 322 g/mol. The van der Waals surface area contributed by atoms with Crippen LogP contribution < -0.4 is 5.32 Å². The average molecular weight is 323 g/mol. The number of likely N-dealkylation sites (tertiary alicyclic amines) is 1. The average Bonchev–Trinajstić information content (AvgIpc) is 3.08.